The molecular formula is C15H27N4O3+. The van der Waals surface area contributed by atoms with Crippen molar-refractivity contribution in [2.45, 2.75) is 46.8 Å². The van der Waals surface area contributed by atoms with E-state index < -0.39 is 0 Å². The molecule has 1 aromatic heterocycles. The van der Waals surface area contributed by atoms with E-state index in [2.05, 4.69) is 21.9 Å². The van der Waals surface area contributed by atoms with E-state index in [1.807, 2.05) is 27.7 Å². The summed E-state index contributed by atoms with van der Waals surface area (Å²) in [6.07, 6.45) is 0.00355. The fourth-order valence-corrected chi connectivity index (χ4v) is 2.42. The first-order valence-electron chi connectivity index (χ1n) is 7.99. The van der Waals surface area contributed by atoms with Crippen LogP contribution in [0.15, 0.2) is 0 Å². The van der Waals surface area contributed by atoms with Gasteiger partial charge in [0.15, 0.2) is 0 Å². The van der Waals surface area contributed by atoms with Crippen LogP contribution in [0.4, 0.5) is 5.95 Å². The number of hydrogen-bond donors (Lipinski definition) is 0. The summed E-state index contributed by atoms with van der Waals surface area (Å²) in [5.41, 5.74) is 0. The Morgan fingerprint density at radius 3 is 1.86 bits per heavy atom. The lowest BCUT2D eigenvalue weighted by Crippen LogP contribution is -2.57. The molecule has 7 nitrogen and oxygen atoms in total. The van der Waals surface area contributed by atoms with E-state index in [1.165, 1.54) is 0 Å². The summed E-state index contributed by atoms with van der Waals surface area (Å²) in [5.74, 6) is 0.701. The number of rotatable bonds is 6. The van der Waals surface area contributed by atoms with Gasteiger partial charge < -0.3 is 14.2 Å². The van der Waals surface area contributed by atoms with Crippen LogP contribution >= 0.6 is 0 Å². The Kier molecular flexibility index (Phi) is 5.52. The number of morpholine rings is 1. The van der Waals surface area contributed by atoms with Crippen molar-refractivity contribution in [2.75, 3.05) is 32.8 Å². The van der Waals surface area contributed by atoms with Crippen molar-refractivity contribution in [3.63, 3.8) is 0 Å². The third kappa shape index (κ3) is 4.04. The van der Waals surface area contributed by atoms with Gasteiger partial charge >= 0.3 is 18.0 Å². The first kappa shape index (κ1) is 16.9. The molecule has 124 valence electrons. The SMILES string of the molecule is CC[N+]1(c2nc(OC(C)C)nc(OC(C)C)n2)CCOCC1. The number of aromatic nitrogens is 3. The van der Waals surface area contributed by atoms with Gasteiger partial charge in [0, 0.05) is 0 Å². The Morgan fingerprint density at radius 1 is 0.955 bits per heavy atom. The van der Waals surface area contributed by atoms with Crippen molar-refractivity contribution in [2.24, 2.45) is 0 Å². The van der Waals surface area contributed by atoms with Gasteiger partial charge in [-0.2, -0.15) is 0 Å². The van der Waals surface area contributed by atoms with Crippen molar-refractivity contribution in [1.82, 2.24) is 19.4 Å². The quantitative estimate of drug-likeness (QED) is 0.746. The summed E-state index contributed by atoms with van der Waals surface area (Å²) < 4.78 is 17.5. The summed E-state index contributed by atoms with van der Waals surface area (Å²) in [6.45, 7) is 14.0. The van der Waals surface area contributed by atoms with Gasteiger partial charge in [-0.1, -0.05) is 0 Å². The molecule has 1 aliphatic heterocycles. The second-order valence-corrected chi connectivity index (χ2v) is 6.05. The second-order valence-electron chi connectivity index (χ2n) is 6.05. The highest BCUT2D eigenvalue weighted by molar-refractivity contribution is 5.29. The Hall–Kier alpha value is -1.47. The van der Waals surface area contributed by atoms with Gasteiger partial charge in [-0.25, -0.2) is 0 Å². The van der Waals surface area contributed by atoms with Crippen LogP contribution in [0.25, 0.3) is 0 Å². The molecule has 0 N–H and O–H groups in total. The van der Waals surface area contributed by atoms with Gasteiger partial charge in [0.05, 0.1) is 32.0 Å². The Morgan fingerprint density at radius 2 is 1.45 bits per heavy atom. The van der Waals surface area contributed by atoms with Gasteiger partial charge in [-0.15, -0.1) is 15.0 Å². The van der Waals surface area contributed by atoms with E-state index in [0.717, 1.165) is 19.6 Å². The molecular weight excluding hydrogens is 284 g/mol. The van der Waals surface area contributed by atoms with Gasteiger partial charge in [0.25, 0.3) is 0 Å². The lowest BCUT2D eigenvalue weighted by molar-refractivity contribution is 0.0387. The monoisotopic (exact) mass is 311 g/mol. The molecule has 2 heterocycles. The summed E-state index contributed by atoms with van der Waals surface area (Å²) in [7, 11) is 0. The molecule has 1 saturated heterocycles. The summed E-state index contributed by atoms with van der Waals surface area (Å²) >= 11 is 0. The topological polar surface area (TPSA) is 66.4 Å². The van der Waals surface area contributed by atoms with E-state index in [9.17, 15) is 0 Å². The zero-order chi connectivity index (χ0) is 16.2. The predicted octanol–water partition coefficient (Wildman–Crippen LogP) is 1.80. The summed E-state index contributed by atoms with van der Waals surface area (Å²) in [4.78, 5) is 13.3. The molecule has 22 heavy (non-hydrogen) atoms. The van der Waals surface area contributed by atoms with Crippen molar-refractivity contribution in [1.29, 1.82) is 0 Å². The number of nitrogens with zero attached hydrogens (tertiary/aromatic N) is 4. The summed E-state index contributed by atoms with van der Waals surface area (Å²) in [6, 6.07) is 0.654. The van der Waals surface area contributed by atoms with Gasteiger partial charge in [0.2, 0.25) is 0 Å². The Labute approximate surface area is 132 Å². The highest BCUT2D eigenvalue weighted by atomic mass is 16.5. The van der Waals surface area contributed by atoms with Gasteiger partial charge in [-0.3, -0.25) is 4.48 Å². The minimum absolute atomic E-state index is 0.00177. The van der Waals surface area contributed by atoms with Crippen LogP contribution in [0.1, 0.15) is 34.6 Å². The average Bonchev–Trinajstić information content (AvgIpc) is 2.46. The lowest BCUT2D eigenvalue weighted by atomic mass is 10.3. The number of quaternary nitrogens is 1. The molecule has 0 radical (unpaired) electrons. The first-order valence-corrected chi connectivity index (χ1v) is 7.99. The van der Waals surface area contributed by atoms with Crippen molar-refractivity contribution in [3.8, 4) is 12.0 Å². The Bertz CT molecular complexity index is 459. The van der Waals surface area contributed by atoms with E-state index in [0.29, 0.717) is 35.7 Å². The molecule has 0 atom stereocenters. The van der Waals surface area contributed by atoms with Crippen LogP contribution in [0.5, 0.6) is 12.0 Å². The van der Waals surface area contributed by atoms with E-state index in [4.69, 9.17) is 14.2 Å². The van der Waals surface area contributed by atoms with E-state index in [1.54, 1.807) is 0 Å². The fraction of sp³-hybridized carbons (Fsp3) is 0.800. The lowest BCUT2D eigenvalue weighted by Gasteiger charge is -2.37. The molecule has 2 rings (SSSR count). The first-order chi connectivity index (χ1) is 10.4. The molecule has 0 saturated carbocycles. The third-order valence-electron chi connectivity index (χ3n) is 3.62. The van der Waals surface area contributed by atoms with Crippen molar-refractivity contribution >= 4 is 5.95 Å². The maximum absolute atomic E-state index is 5.67. The van der Waals surface area contributed by atoms with Crippen LogP contribution in [0.3, 0.4) is 0 Å². The molecule has 1 fully saturated rings. The van der Waals surface area contributed by atoms with Crippen LogP contribution in [0, 0.1) is 0 Å². The molecule has 0 spiro atoms. The van der Waals surface area contributed by atoms with Crippen LogP contribution < -0.4 is 14.0 Å². The zero-order valence-electron chi connectivity index (χ0n) is 14.2. The average molecular weight is 311 g/mol. The van der Waals surface area contributed by atoms with Gasteiger partial charge in [0.1, 0.15) is 13.1 Å². The molecule has 0 bridgehead atoms. The zero-order valence-corrected chi connectivity index (χ0v) is 14.2. The number of likely N-dealkylation sites (N-methyl/N-ethyl adjacent to an activating group) is 1. The number of hydrogen-bond acceptors (Lipinski definition) is 6. The molecule has 0 amide bonds. The molecule has 0 unspecified atom stereocenters. The normalized spacial score (nSPS) is 17.8. The van der Waals surface area contributed by atoms with Gasteiger partial charge in [-0.05, 0) is 34.6 Å². The van der Waals surface area contributed by atoms with Crippen molar-refractivity contribution < 1.29 is 14.2 Å². The van der Waals surface area contributed by atoms with Crippen LogP contribution in [0.2, 0.25) is 0 Å². The highest BCUT2D eigenvalue weighted by Gasteiger charge is 2.36. The van der Waals surface area contributed by atoms with Crippen molar-refractivity contribution in [3.05, 3.63) is 0 Å². The minimum atomic E-state index is 0.00177. The third-order valence-corrected chi connectivity index (χ3v) is 3.62. The highest BCUT2D eigenvalue weighted by Crippen LogP contribution is 2.25. The van der Waals surface area contributed by atoms with Crippen LogP contribution in [-0.4, -0.2) is 60.0 Å². The standard InChI is InChI=1S/C15H27N4O3/c1-6-19(7-9-20-10-8-19)13-16-14(21-11(2)3)18-15(17-13)22-12(4)5/h11-12H,6-10H2,1-5H3/q+1. The maximum Gasteiger partial charge on any atom is 0.338 e. The Balaban J connectivity index is 2.39. The second kappa shape index (κ2) is 7.19. The predicted molar refractivity (Wildman–Crippen MR) is 84.2 cm³/mol. The fourth-order valence-electron chi connectivity index (χ4n) is 2.42. The molecule has 1 aliphatic rings. The van der Waals surface area contributed by atoms with E-state index in [-0.39, 0.29) is 12.2 Å². The minimum Gasteiger partial charge on any atom is -0.460 e. The number of ether oxygens (including phenoxy) is 3. The molecule has 7 heteroatoms. The molecule has 0 aliphatic carbocycles. The smallest absolute Gasteiger partial charge is 0.338 e. The summed E-state index contributed by atoms with van der Waals surface area (Å²) in [5, 5.41) is 0. The maximum atomic E-state index is 5.67. The molecule has 0 aromatic carbocycles. The van der Waals surface area contributed by atoms with Crippen LogP contribution in [-0.2, 0) is 4.74 Å². The van der Waals surface area contributed by atoms with E-state index >= 15 is 0 Å². The largest absolute Gasteiger partial charge is 0.460 e. The molecule has 1 aromatic rings.